The van der Waals surface area contributed by atoms with Crippen molar-refractivity contribution >= 4 is 27.0 Å². The van der Waals surface area contributed by atoms with Crippen molar-refractivity contribution < 1.29 is 26.1 Å². The Labute approximate surface area is 209 Å². The molecule has 0 spiro atoms. The molecule has 7 nitrogen and oxygen atoms in total. The summed E-state index contributed by atoms with van der Waals surface area (Å²) >= 11 is 0. The molecule has 0 N–H and O–H groups in total. The fourth-order valence-electron chi connectivity index (χ4n) is 4.27. The SMILES string of the molecule is Cc1ccc(S(=O)(=O)N2CC=C(B3OC(C)(C)C(C)(C)O3)C(S(=O)(=O)c3ccccc3)CC2)cc1. The molecule has 35 heavy (non-hydrogen) atoms. The van der Waals surface area contributed by atoms with E-state index in [1.165, 1.54) is 4.31 Å². The highest BCUT2D eigenvalue weighted by Gasteiger charge is 2.55. The van der Waals surface area contributed by atoms with Crippen molar-refractivity contribution in [1.29, 1.82) is 0 Å². The van der Waals surface area contributed by atoms with Crippen molar-refractivity contribution in [2.75, 3.05) is 13.1 Å². The molecule has 0 radical (unpaired) electrons. The molecular weight excluding hydrogens is 485 g/mol. The van der Waals surface area contributed by atoms with Crippen LogP contribution in [-0.4, -0.2) is 57.8 Å². The molecule has 188 valence electrons. The molecule has 0 aliphatic carbocycles. The number of sulfonamides is 1. The maximum atomic E-state index is 13.8. The zero-order chi connectivity index (χ0) is 25.6. The number of aryl methyl sites for hydroxylation is 1. The Morgan fingerprint density at radius 1 is 0.857 bits per heavy atom. The lowest BCUT2D eigenvalue weighted by Gasteiger charge is -2.32. The van der Waals surface area contributed by atoms with Crippen LogP contribution in [-0.2, 0) is 29.2 Å². The zero-order valence-corrected chi connectivity index (χ0v) is 22.4. The van der Waals surface area contributed by atoms with Crippen LogP contribution in [0.4, 0.5) is 0 Å². The van der Waals surface area contributed by atoms with Gasteiger partial charge in [0.15, 0.2) is 9.84 Å². The van der Waals surface area contributed by atoms with E-state index in [-0.39, 0.29) is 29.3 Å². The van der Waals surface area contributed by atoms with Crippen LogP contribution in [0.3, 0.4) is 0 Å². The third-order valence-electron chi connectivity index (χ3n) is 7.17. The maximum Gasteiger partial charge on any atom is 0.491 e. The van der Waals surface area contributed by atoms with Crippen LogP contribution in [0, 0.1) is 6.92 Å². The van der Waals surface area contributed by atoms with Crippen molar-refractivity contribution in [3.05, 3.63) is 71.7 Å². The number of rotatable bonds is 5. The van der Waals surface area contributed by atoms with Gasteiger partial charge in [-0.25, -0.2) is 16.8 Å². The molecule has 1 saturated heterocycles. The van der Waals surface area contributed by atoms with E-state index in [0.29, 0.717) is 5.47 Å². The molecule has 2 aliphatic heterocycles. The minimum absolute atomic E-state index is 0.0242. The van der Waals surface area contributed by atoms with Crippen LogP contribution < -0.4 is 0 Å². The first-order chi connectivity index (χ1) is 16.3. The Morgan fingerprint density at radius 3 is 2.00 bits per heavy atom. The summed E-state index contributed by atoms with van der Waals surface area (Å²) in [4.78, 5) is 0.361. The largest absolute Gasteiger partial charge is 0.491 e. The molecule has 0 saturated carbocycles. The van der Waals surface area contributed by atoms with E-state index in [1.807, 2.05) is 34.6 Å². The van der Waals surface area contributed by atoms with E-state index >= 15 is 0 Å². The summed E-state index contributed by atoms with van der Waals surface area (Å²) in [5.41, 5.74) is 0.0601. The van der Waals surface area contributed by atoms with Gasteiger partial charge in [-0.15, -0.1) is 0 Å². The molecule has 0 amide bonds. The molecule has 0 bridgehead atoms. The Kier molecular flexibility index (Phi) is 6.83. The van der Waals surface area contributed by atoms with Crippen LogP contribution in [0.15, 0.2) is 75.9 Å². The summed E-state index contributed by atoms with van der Waals surface area (Å²) in [6.45, 7) is 9.57. The lowest BCUT2D eigenvalue weighted by atomic mass is 9.75. The van der Waals surface area contributed by atoms with Crippen LogP contribution in [0.1, 0.15) is 39.7 Å². The Hall–Kier alpha value is -1.98. The lowest BCUT2D eigenvalue weighted by Crippen LogP contribution is -2.41. The van der Waals surface area contributed by atoms with Gasteiger partial charge in [0.2, 0.25) is 10.0 Å². The molecule has 0 aromatic heterocycles. The summed E-state index contributed by atoms with van der Waals surface area (Å²) in [5, 5.41) is -0.988. The van der Waals surface area contributed by atoms with E-state index in [9.17, 15) is 16.8 Å². The monoisotopic (exact) mass is 517 g/mol. The van der Waals surface area contributed by atoms with Crippen molar-refractivity contribution in [3.63, 3.8) is 0 Å². The quantitative estimate of drug-likeness (QED) is 0.561. The molecule has 4 rings (SSSR count). The standard InChI is InChI=1S/C25H32BNO6S2/c1-19-11-13-21(14-12-19)35(30,31)27-17-15-22(26-32-24(2,3)25(4,5)33-26)23(16-18-27)34(28,29)20-9-7-6-8-10-20/h6-15,23H,16-18H2,1-5H3. The highest BCUT2D eigenvalue weighted by atomic mass is 32.2. The number of sulfone groups is 1. The van der Waals surface area contributed by atoms with E-state index in [4.69, 9.17) is 9.31 Å². The predicted octanol–water partition coefficient (Wildman–Crippen LogP) is 3.79. The molecule has 1 fully saturated rings. The molecule has 2 heterocycles. The van der Waals surface area contributed by atoms with Crippen molar-refractivity contribution in [3.8, 4) is 0 Å². The first-order valence-electron chi connectivity index (χ1n) is 11.7. The lowest BCUT2D eigenvalue weighted by molar-refractivity contribution is 0.00578. The fourth-order valence-corrected chi connectivity index (χ4v) is 7.51. The third kappa shape index (κ3) is 4.87. The Morgan fingerprint density at radius 2 is 1.43 bits per heavy atom. The number of hydrogen-bond donors (Lipinski definition) is 0. The van der Waals surface area contributed by atoms with Crippen molar-refractivity contribution in [2.45, 2.75) is 67.3 Å². The van der Waals surface area contributed by atoms with E-state index in [2.05, 4.69) is 0 Å². The molecule has 1 atom stereocenters. The van der Waals surface area contributed by atoms with Gasteiger partial charge in [-0.1, -0.05) is 42.0 Å². The summed E-state index contributed by atoms with van der Waals surface area (Å²) in [7, 11) is -8.55. The molecule has 2 aliphatic rings. The van der Waals surface area contributed by atoms with Gasteiger partial charge in [0, 0.05) is 13.1 Å². The minimum Gasteiger partial charge on any atom is -0.400 e. The van der Waals surface area contributed by atoms with Gasteiger partial charge in [-0.2, -0.15) is 4.31 Å². The van der Waals surface area contributed by atoms with Gasteiger partial charge in [0.05, 0.1) is 26.2 Å². The average molecular weight is 517 g/mol. The Balaban J connectivity index is 1.75. The number of benzene rings is 2. The fraction of sp³-hybridized carbons (Fsp3) is 0.440. The molecule has 10 heteroatoms. The van der Waals surface area contributed by atoms with Crippen molar-refractivity contribution in [2.24, 2.45) is 0 Å². The van der Waals surface area contributed by atoms with Gasteiger partial charge < -0.3 is 9.31 Å². The minimum atomic E-state index is -3.84. The third-order valence-corrected chi connectivity index (χ3v) is 11.2. The van der Waals surface area contributed by atoms with Gasteiger partial charge in [-0.3, -0.25) is 0 Å². The number of nitrogens with zero attached hydrogens (tertiary/aromatic N) is 1. The first kappa shape index (κ1) is 26.1. The zero-order valence-electron chi connectivity index (χ0n) is 20.8. The summed E-state index contributed by atoms with van der Waals surface area (Å²) in [6, 6.07) is 14.9. The molecule has 2 aromatic carbocycles. The average Bonchev–Trinajstić information content (AvgIpc) is 2.94. The van der Waals surface area contributed by atoms with Crippen LogP contribution in [0.25, 0.3) is 0 Å². The topological polar surface area (TPSA) is 90.0 Å². The second-order valence-electron chi connectivity index (χ2n) is 10.1. The van der Waals surface area contributed by atoms with Crippen molar-refractivity contribution in [1.82, 2.24) is 4.31 Å². The Bertz CT molecular complexity index is 1300. The summed E-state index contributed by atoms with van der Waals surface area (Å²) < 4.78 is 68.1. The molecule has 1 unspecified atom stereocenters. The van der Waals surface area contributed by atoms with Crippen LogP contribution in [0.2, 0.25) is 0 Å². The summed E-state index contributed by atoms with van der Waals surface area (Å²) in [6.07, 6.45) is 1.74. The van der Waals surface area contributed by atoms with Gasteiger partial charge >= 0.3 is 7.12 Å². The molecule has 2 aromatic rings. The maximum absolute atomic E-state index is 13.8. The van der Waals surface area contributed by atoms with Gasteiger partial charge in [0.25, 0.3) is 0 Å². The van der Waals surface area contributed by atoms with Crippen LogP contribution in [0.5, 0.6) is 0 Å². The molecular formula is C25H32BNO6S2. The smallest absolute Gasteiger partial charge is 0.400 e. The van der Waals surface area contributed by atoms with Crippen LogP contribution >= 0.6 is 0 Å². The second-order valence-corrected chi connectivity index (χ2v) is 14.2. The van der Waals surface area contributed by atoms with Gasteiger partial charge in [0.1, 0.15) is 0 Å². The van der Waals surface area contributed by atoms with E-state index in [1.54, 1.807) is 60.7 Å². The second kappa shape index (κ2) is 9.16. The van der Waals surface area contributed by atoms with E-state index < -0.39 is 43.4 Å². The summed E-state index contributed by atoms with van der Waals surface area (Å²) in [5.74, 6) is 0. The number of hydrogen-bond acceptors (Lipinski definition) is 6. The predicted molar refractivity (Wildman–Crippen MR) is 136 cm³/mol. The normalized spacial score (nSPS) is 23.1. The van der Waals surface area contributed by atoms with E-state index in [0.717, 1.165) is 5.56 Å². The highest BCUT2D eigenvalue weighted by Crippen LogP contribution is 2.41. The highest BCUT2D eigenvalue weighted by molar-refractivity contribution is 7.92. The van der Waals surface area contributed by atoms with Gasteiger partial charge in [-0.05, 0) is 70.8 Å². The first-order valence-corrected chi connectivity index (χ1v) is 14.7.